The van der Waals surface area contributed by atoms with E-state index in [0.29, 0.717) is 0 Å². The van der Waals surface area contributed by atoms with Crippen LogP contribution < -0.4 is 11.3 Å². The molecule has 2 nitrogen and oxygen atoms in total. The maximum Gasteiger partial charge on any atom is 0.0132 e. The van der Waals surface area contributed by atoms with Gasteiger partial charge in [0.15, 0.2) is 0 Å². The molecule has 0 saturated carbocycles. The Balaban J connectivity index is 2.10. The molecule has 2 heteroatoms. The first kappa shape index (κ1) is 5.79. The minimum Gasteiger partial charge on any atom is -0.271 e. The Morgan fingerprint density at radius 1 is 1.50 bits per heavy atom. The Labute approximate surface area is 49.7 Å². The summed E-state index contributed by atoms with van der Waals surface area (Å²) in [5.74, 6) is 5.89. The van der Waals surface area contributed by atoms with Crippen molar-refractivity contribution in [2.75, 3.05) is 6.54 Å². The Morgan fingerprint density at radius 2 is 2.12 bits per heavy atom. The minimum absolute atomic E-state index is 0.764. The van der Waals surface area contributed by atoms with Crippen LogP contribution in [0, 0.1) is 5.92 Å². The standard InChI is InChI=1S/C6H12N2/c7-8-5-6-3-1-2-4-6/h1-2,6,8H,3-5,7H2. The van der Waals surface area contributed by atoms with Crippen LogP contribution in [0.25, 0.3) is 0 Å². The van der Waals surface area contributed by atoms with Gasteiger partial charge in [0.1, 0.15) is 0 Å². The highest BCUT2D eigenvalue weighted by atomic mass is 15.2. The summed E-state index contributed by atoms with van der Waals surface area (Å²) in [6, 6.07) is 0. The summed E-state index contributed by atoms with van der Waals surface area (Å²) < 4.78 is 0. The number of hydrazine groups is 1. The van der Waals surface area contributed by atoms with E-state index in [1.165, 1.54) is 12.8 Å². The summed E-state index contributed by atoms with van der Waals surface area (Å²) in [6.45, 7) is 0.951. The van der Waals surface area contributed by atoms with Crippen molar-refractivity contribution in [3.8, 4) is 0 Å². The predicted molar refractivity (Wildman–Crippen MR) is 34.1 cm³/mol. The largest absolute Gasteiger partial charge is 0.271 e. The number of rotatable bonds is 2. The van der Waals surface area contributed by atoms with E-state index < -0.39 is 0 Å². The van der Waals surface area contributed by atoms with E-state index in [0.717, 1.165) is 12.5 Å². The summed E-state index contributed by atoms with van der Waals surface area (Å²) >= 11 is 0. The molecule has 0 spiro atoms. The lowest BCUT2D eigenvalue weighted by molar-refractivity contribution is 0.514. The SMILES string of the molecule is NNCC1CC=CC1. The zero-order valence-corrected chi connectivity index (χ0v) is 4.93. The zero-order valence-electron chi connectivity index (χ0n) is 4.93. The molecule has 8 heavy (non-hydrogen) atoms. The first-order valence-corrected chi connectivity index (χ1v) is 3.02. The molecule has 0 amide bonds. The van der Waals surface area contributed by atoms with Crippen LogP contribution in [0.4, 0.5) is 0 Å². The van der Waals surface area contributed by atoms with Gasteiger partial charge in [-0.05, 0) is 18.8 Å². The Kier molecular flexibility index (Phi) is 2.06. The topological polar surface area (TPSA) is 38.0 Å². The Hall–Kier alpha value is -0.340. The average molecular weight is 112 g/mol. The molecule has 0 aromatic rings. The molecule has 0 aromatic heterocycles. The third-order valence-corrected chi connectivity index (χ3v) is 1.51. The van der Waals surface area contributed by atoms with E-state index in [1.807, 2.05) is 0 Å². The van der Waals surface area contributed by atoms with Gasteiger partial charge in [0.2, 0.25) is 0 Å². The maximum absolute atomic E-state index is 5.13. The summed E-state index contributed by atoms with van der Waals surface area (Å²) in [5, 5.41) is 0. The van der Waals surface area contributed by atoms with Crippen molar-refractivity contribution in [3.63, 3.8) is 0 Å². The number of hydrogen-bond donors (Lipinski definition) is 2. The summed E-state index contributed by atoms with van der Waals surface area (Å²) in [4.78, 5) is 0. The third kappa shape index (κ3) is 1.32. The molecule has 0 bridgehead atoms. The number of nitrogens with one attached hydrogen (secondary N) is 1. The lowest BCUT2D eigenvalue weighted by atomic mass is 10.1. The van der Waals surface area contributed by atoms with E-state index in [9.17, 15) is 0 Å². The molecule has 1 aliphatic carbocycles. The molecule has 0 aliphatic heterocycles. The second kappa shape index (κ2) is 2.84. The van der Waals surface area contributed by atoms with Gasteiger partial charge in [-0.2, -0.15) is 0 Å². The lowest BCUT2D eigenvalue weighted by Gasteiger charge is -2.04. The smallest absolute Gasteiger partial charge is 0.0132 e. The fourth-order valence-corrected chi connectivity index (χ4v) is 1.01. The number of hydrogen-bond acceptors (Lipinski definition) is 2. The van der Waals surface area contributed by atoms with Crippen molar-refractivity contribution in [2.24, 2.45) is 11.8 Å². The van der Waals surface area contributed by atoms with Crippen molar-refractivity contribution >= 4 is 0 Å². The van der Waals surface area contributed by atoms with Crippen molar-refractivity contribution in [1.82, 2.24) is 5.43 Å². The molecule has 0 atom stereocenters. The molecular formula is C6H12N2. The van der Waals surface area contributed by atoms with Crippen molar-refractivity contribution in [1.29, 1.82) is 0 Å². The Bertz CT molecular complexity index is 80.5. The van der Waals surface area contributed by atoms with Crippen LogP contribution in [0.5, 0.6) is 0 Å². The highest BCUT2D eigenvalue weighted by molar-refractivity contribution is 4.94. The fraction of sp³-hybridized carbons (Fsp3) is 0.667. The van der Waals surface area contributed by atoms with Crippen molar-refractivity contribution < 1.29 is 0 Å². The zero-order chi connectivity index (χ0) is 5.82. The first-order valence-electron chi connectivity index (χ1n) is 3.02. The first-order chi connectivity index (χ1) is 3.93. The van der Waals surface area contributed by atoms with Crippen LogP contribution in [0.15, 0.2) is 12.2 Å². The van der Waals surface area contributed by atoms with Gasteiger partial charge in [-0.1, -0.05) is 12.2 Å². The second-order valence-electron chi connectivity index (χ2n) is 2.22. The highest BCUT2D eigenvalue weighted by Crippen LogP contribution is 2.15. The minimum atomic E-state index is 0.764. The van der Waals surface area contributed by atoms with Gasteiger partial charge in [0.25, 0.3) is 0 Å². The van der Waals surface area contributed by atoms with Gasteiger partial charge >= 0.3 is 0 Å². The Morgan fingerprint density at radius 3 is 2.62 bits per heavy atom. The quantitative estimate of drug-likeness (QED) is 0.308. The normalized spacial score (nSPS) is 20.1. The van der Waals surface area contributed by atoms with Gasteiger partial charge in [-0.25, -0.2) is 0 Å². The molecule has 0 fully saturated rings. The molecule has 0 saturated heterocycles. The molecule has 0 unspecified atom stereocenters. The molecule has 46 valence electrons. The van der Waals surface area contributed by atoms with Gasteiger partial charge in [0, 0.05) is 6.54 Å². The molecule has 0 aromatic carbocycles. The van der Waals surface area contributed by atoms with Gasteiger partial charge in [0.05, 0.1) is 0 Å². The van der Waals surface area contributed by atoms with Gasteiger partial charge in [-0.15, -0.1) is 0 Å². The molecule has 1 rings (SSSR count). The summed E-state index contributed by atoms with van der Waals surface area (Å²) in [6.07, 6.45) is 6.82. The van der Waals surface area contributed by atoms with E-state index in [1.54, 1.807) is 0 Å². The molecule has 0 radical (unpaired) electrons. The van der Waals surface area contributed by atoms with Gasteiger partial charge in [-0.3, -0.25) is 11.3 Å². The molecule has 1 aliphatic rings. The van der Waals surface area contributed by atoms with Crippen molar-refractivity contribution in [2.45, 2.75) is 12.8 Å². The molecular weight excluding hydrogens is 100 g/mol. The van der Waals surface area contributed by atoms with Crippen LogP contribution in [-0.2, 0) is 0 Å². The molecule has 0 heterocycles. The fourth-order valence-electron chi connectivity index (χ4n) is 1.01. The van der Waals surface area contributed by atoms with Crippen LogP contribution >= 0.6 is 0 Å². The van der Waals surface area contributed by atoms with Gasteiger partial charge < -0.3 is 0 Å². The van der Waals surface area contributed by atoms with Crippen molar-refractivity contribution in [3.05, 3.63) is 12.2 Å². The van der Waals surface area contributed by atoms with Crippen LogP contribution in [-0.4, -0.2) is 6.54 Å². The van der Waals surface area contributed by atoms with Crippen LogP contribution in [0.2, 0.25) is 0 Å². The number of allylic oxidation sites excluding steroid dienone is 2. The summed E-state index contributed by atoms with van der Waals surface area (Å²) in [7, 11) is 0. The monoisotopic (exact) mass is 112 g/mol. The third-order valence-electron chi connectivity index (χ3n) is 1.51. The van der Waals surface area contributed by atoms with E-state index >= 15 is 0 Å². The average Bonchev–Trinajstić information content (AvgIpc) is 2.19. The second-order valence-corrected chi connectivity index (χ2v) is 2.22. The van der Waals surface area contributed by atoms with Crippen LogP contribution in [0.1, 0.15) is 12.8 Å². The summed E-state index contributed by atoms with van der Waals surface area (Å²) in [5.41, 5.74) is 2.67. The van der Waals surface area contributed by atoms with E-state index in [2.05, 4.69) is 17.6 Å². The van der Waals surface area contributed by atoms with E-state index in [4.69, 9.17) is 5.84 Å². The predicted octanol–water partition coefficient (Wildman–Crippen LogP) is 0.416. The van der Waals surface area contributed by atoms with Crippen LogP contribution in [0.3, 0.4) is 0 Å². The maximum atomic E-state index is 5.13. The highest BCUT2D eigenvalue weighted by Gasteiger charge is 2.07. The molecule has 3 N–H and O–H groups in total. The lowest BCUT2D eigenvalue weighted by Crippen LogP contribution is -2.27. The number of nitrogens with two attached hydrogens (primary N) is 1. The van der Waals surface area contributed by atoms with E-state index in [-0.39, 0.29) is 0 Å².